The molecule has 0 aromatic heterocycles. The smallest absolute Gasteiger partial charge is 0.248 e. The van der Waals surface area contributed by atoms with Gasteiger partial charge in [-0.3, -0.25) is 9.10 Å². The molecule has 0 unspecified atom stereocenters. The van der Waals surface area contributed by atoms with Gasteiger partial charge in [0.25, 0.3) is 0 Å². The average Bonchev–Trinajstić information content (AvgIpc) is 2.64. The van der Waals surface area contributed by atoms with Crippen molar-refractivity contribution in [3.05, 3.63) is 71.8 Å². The SMILES string of the molecule is Cc1ccc(N([C@@H](C)C(=O)Nc2cccc3ccccc23)S(C)(=O)=O)cc1C. The highest BCUT2D eigenvalue weighted by Gasteiger charge is 2.29. The van der Waals surface area contributed by atoms with Gasteiger partial charge in [-0.05, 0) is 55.5 Å². The molecule has 28 heavy (non-hydrogen) atoms. The normalized spacial score (nSPS) is 12.6. The molecular weight excluding hydrogens is 372 g/mol. The Labute approximate surface area is 166 Å². The topological polar surface area (TPSA) is 66.5 Å². The monoisotopic (exact) mass is 396 g/mol. The second-order valence-electron chi connectivity index (χ2n) is 7.02. The minimum absolute atomic E-state index is 0.389. The van der Waals surface area contributed by atoms with Crippen molar-refractivity contribution in [1.29, 1.82) is 0 Å². The molecule has 5 nitrogen and oxygen atoms in total. The molecule has 3 aromatic rings. The van der Waals surface area contributed by atoms with Gasteiger partial charge in [0.15, 0.2) is 0 Å². The number of aryl methyl sites for hydroxylation is 2. The van der Waals surface area contributed by atoms with Gasteiger partial charge in [-0.1, -0.05) is 42.5 Å². The van der Waals surface area contributed by atoms with Crippen molar-refractivity contribution in [2.75, 3.05) is 15.9 Å². The first-order valence-corrected chi connectivity index (χ1v) is 10.9. The fraction of sp³-hybridized carbons (Fsp3) is 0.227. The number of hydrogen-bond acceptors (Lipinski definition) is 3. The number of nitrogens with zero attached hydrogens (tertiary/aromatic N) is 1. The van der Waals surface area contributed by atoms with Crippen molar-refractivity contribution in [2.45, 2.75) is 26.8 Å². The number of anilines is 2. The van der Waals surface area contributed by atoms with Gasteiger partial charge in [0, 0.05) is 11.1 Å². The van der Waals surface area contributed by atoms with Gasteiger partial charge in [0.05, 0.1) is 11.9 Å². The van der Waals surface area contributed by atoms with E-state index in [9.17, 15) is 13.2 Å². The van der Waals surface area contributed by atoms with Crippen LogP contribution in [0.4, 0.5) is 11.4 Å². The first kappa shape index (κ1) is 19.9. The molecule has 0 aliphatic heterocycles. The van der Waals surface area contributed by atoms with Gasteiger partial charge < -0.3 is 5.32 Å². The van der Waals surface area contributed by atoms with E-state index in [1.54, 1.807) is 19.1 Å². The van der Waals surface area contributed by atoms with Crippen molar-refractivity contribution in [3.63, 3.8) is 0 Å². The van der Waals surface area contributed by atoms with Crippen LogP contribution in [-0.4, -0.2) is 26.6 Å². The summed E-state index contributed by atoms with van der Waals surface area (Å²) in [6.07, 6.45) is 1.11. The second kappa shape index (κ2) is 7.64. The van der Waals surface area contributed by atoms with Crippen LogP contribution in [0.1, 0.15) is 18.1 Å². The maximum atomic E-state index is 13.0. The lowest BCUT2D eigenvalue weighted by molar-refractivity contribution is -0.116. The first-order chi connectivity index (χ1) is 13.2. The zero-order chi connectivity index (χ0) is 20.5. The van der Waals surface area contributed by atoms with E-state index in [1.807, 2.05) is 62.4 Å². The fourth-order valence-corrected chi connectivity index (χ4v) is 4.41. The lowest BCUT2D eigenvalue weighted by Gasteiger charge is -2.29. The molecule has 1 atom stereocenters. The maximum Gasteiger partial charge on any atom is 0.248 e. The molecule has 0 bridgehead atoms. The van der Waals surface area contributed by atoms with Crippen LogP contribution in [0, 0.1) is 13.8 Å². The molecule has 0 aliphatic rings. The number of rotatable bonds is 5. The number of benzene rings is 3. The summed E-state index contributed by atoms with van der Waals surface area (Å²) in [6.45, 7) is 5.47. The Morgan fingerprint density at radius 1 is 0.964 bits per heavy atom. The van der Waals surface area contributed by atoms with Crippen LogP contribution in [0.5, 0.6) is 0 Å². The number of nitrogens with one attached hydrogen (secondary N) is 1. The van der Waals surface area contributed by atoms with Crippen molar-refractivity contribution in [3.8, 4) is 0 Å². The molecule has 6 heteroatoms. The van der Waals surface area contributed by atoms with E-state index in [0.29, 0.717) is 11.4 Å². The Morgan fingerprint density at radius 2 is 1.64 bits per heavy atom. The number of hydrogen-bond donors (Lipinski definition) is 1. The summed E-state index contributed by atoms with van der Waals surface area (Å²) in [5.41, 5.74) is 3.16. The second-order valence-corrected chi connectivity index (χ2v) is 8.88. The molecule has 0 fully saturated rings. The maximum absolute atomic E-state index is 13.0. The summed E-state index contributed by atoms with van der Waals surface area (Å²) in [7, 11) is -3.65. The predicted octanol–water partition coefficient (Wildman–Crippen LogP) is 4.25. The molecule has 0 radical (unpaired) electrons. The molecule has 1 N–H and O–H groups in total. The summed E-state index contributed by atoms with van der Waals surface area (Å²) in [5.74, 6) is -0.389. The largest absolute Gasteiger partial charge is 0.324 e. The van der Waals surface area contributed by atoms with Crippen molar-refractivity contribution >= 4 is 38.1 Å². The van der Waals surface area contributed by atoms with Gasteiger partial charge in [-0.25, -0.2) is 8.42 Å². The Kier molecular flexibility index (Phi) is 5.42. The molecule has 0 saturated heterocycles. The van der Waals surface area contributed by atoms with Gasteiger partial charge in [0.1, 0.15) is 6.04 Å². The Hall–Kier alpha value is -2.86. The summed E-state index contributed by atoms with van der Waals surface area (Å²) >= 11 is 0. The third-order valence-electron chi connectivity index (χ3n) is 4.88. The van der Waals surface area contributed by atoms with E-state index in [2.05, 4.69) is 5.32 Å². The highest BCUT2D eigenvalue weighted by Crippen LogP contribution is 2.26. The van der Waals surface area contributed by atoms with E-state index in [0.717, 1.165) is 28.2 Å². The van der Waals surface area contributed by atoms with Gasteiger partial charge in [0.2, 0.25) is 15.9 Å². The quantitative estimate of drug-likeness (QED) is 0.701. The summed E-state index contributed by atoms with van der Waals surface area (Å²) in [5, 5.41) is 4.80. The van der Waals surface area contributed by atoms with E-state index in [1.165, 1.54) is 4.31 Å². The Morgan fingerprint density at radius 3 is 2.32 bits per heavy atom. The van der Waals surface area contributed by atoms with Crippen LogP contribution in [0.25, 0.3) is 10.8 Å². The highest BCUT2D eigenvalue weighted by molar-refractivity contribution is 7.92. The molecule has 1 amide bonds. The van der Waals surface area contributed by atoms with Crippen LogP contribution in [-0.2, 0) is 14.8 Å². The van der Waals surface area contributed by atoms with E-state index < -0.39 is 16.1 Å². The molecule has 0 heterocycles. The van der Waals surface area contributed by atoms with Crippen molar-refractivity contribution < 1.29 is 13.2 Å². The molecule has 0 saturated carbocycles. The number of fused-ring (bicyclic) bond motifs is 1. The zero-order valence-corrected chi connectivity index (χ0v) is 17.2. The lowest BCUT2D eigenvalue weighted by Crippen LogP contribution is -2.45. The molecule has 0 aliphatic carbocycles. The third-order valence-corrected chi connectivity index (χ3v) is 6.12. The molecular formula is C22H24N2O3S. The van der Waals surface area contributed by atoms with Crippen LogP contribution in [0.2, 0.25) is 0 Å². The van der Waals surface area contributed by atoms with Crippen molar-refractivity contribution in [1.82, 2.24) is 0 Å². The van der Waals surface area contributed by atoms with Crippen LogP contribution >= 0.6 is 0 Å². The van der Waals surface area contributed by atoms with Crippen molar-refractivity contribution in [2.24, 2.45) is 0 Å². The van der Waals surface area contributed by atoms with Gasteiger partial charge >= 0.3 is 0 Å². The fourth-order valence-electron chi connectivity index (χ4n) is 3.24. The number of amides is 1. The molecule has 3 aromatic carbocycles. The number of carbonyl (C=O) groups is 1. The van der Waals surface area contributed by atoms with E-state index >= 15 is 0 Å². The Bertz CT molecular complexity index is 1130. The third kappa shape index (κ3) is 4.02. The summed E-state index contributed by atoms with van der Waals surface area (Å²) in [4.78, 5) is 13.0. The predicted molar refractivity (Wildman–Crippen MR) is 115 cm³/mol. The van der Waals surface area contributed by atoms with Crippen LogP contribution < -0.4 is 9.62 Å². The zero-order valence-electron chi connectivity index (χ0n) is 16.4. The number of carbonyl (C=O) groups excluding carboxylic acids is 1. The first-order valence-electron chi connectivity index (χ1n) is 9.04. The number of sulfonamides is 1. The lowest BCUT2D eigenvalue weighted by atomic mass is 10.1. The van der Waals surface area contributed by atoms with Gasteiger partial charge in [-0.2, -0.15) is 0 Å². The minimum atomic E-state index is -3.65. The molecule has 0 spiro atoms. The highest BCUT2D eigenvalue weighted by atomic mass is 32.2. The molecule has 3 rings (SSSR count). The Balaban J connectivity index is 1.95. The standard InChI is InChI=1S/C22H24N2O3S/c1-15-12-13-19(14-16(15)2)24(28(4,26)27)17(3)22(25)23-21-11-7-9-18-8-5-6-10-20(18)21/h5-14,17H,1-4H3,(H,23,25)/t17-/m0/s1. The van der Waals surface area contributed by atoms with Crippen LogP contribution in [0.15, 0.2) is 60.7 Å². The average molecular weight is 397 g/mol. The summed E-state index contributed by atoms with van der Waals surface area (Å²) in [6, 6.07) is 17.8. The van der Waals surface area contributed by atoms with E-state index in [4.69, 9.17) is 0 Å². The molecule has 146 valence electrons. The summed E-state index contributed by atoms with van der Waals surface area (Å²) < 4.78 is 26.1. The van der Waals surface area contributed by atoms with Crippen LogP contribution in [0.3, 0.4) is 0 Å². The van der Waals surface area contributed by atoms with E-state index in [-0.39, 0.29) is 5.91 Å². The van der Waals surface area contributed by atoms with Gasteiger partial charge in [-0.15, -0.1) is 0 Å². The minimum Gasteiger partial charge on any atom is -0.324 e.